The van der Waals surface area contributed by atoms with Crippen molar-refractivity contribution >= 4 is 5.91 Å². The summed E-state index contributed by atoms with van der Waals surface area (Å²) in [7, 11) is 0. The molecule has 0 bridgehead atoms. The Balaban J connectivity index is 2.21. The van der Waals surface area contributed by atoms with Crippen LogP contribution in [0, 0.1) is 5.92 Å². The van der Waals surface area contributed by atoms with E-state index >= 15 is 0 Å². The molecule has 12 heavy (non-hydrogen) atoms. The number of rotatable bonds is 5. The first-order valence-electron chi connectivity index (χ1n) is 4.25. The molecule has 0 saturated heterocycles. The highest BCUT2D eigenvalue weighted by Gasteiger charge is 2.41. The fourth-order valence-corrected chi connectivity index (χ4v) is 1.01. The van der Waals surface area contributed by atoms with E-state index in [4.69, 9.17) is 10.8 Å². The van der Waals surface area contributed by atoms with E-state index in [1.807, 2.05) is 0 Å². The van der Waals surface area contributed by atoms with Crippen molar-refractivity contribution in [3.63, 3.8) is 0 Å². The highest BCUT2D eigenvalue weighted by atomic mass is 16.3. The molecule has 70 valence electrons. The van der Waals surface area contributed by atoms with E-state index < -0.39 is 0 Å². The Labute approximate surface area is 72.1 Å². The SMILES string of the molecule is CC(CNC1(CO)CC1)C(N)=O. The van der Waals surface area contributed by atoms with Gasteiger partial charge in [-0.05, 0) is 12.8 Å². The first-order chi connectivity index (χ1) is 5.59. The minimum Gasteiger partial charge on any atom is -0.394 e. The summed E-state index contributed by atoms with van der Waals surface area (Å²) < 4.78 is 0. The van der Waals surface area contributed by atoms with Gasteiger partial charge in [-0.15, -0.1) is 0 Å². The maximum atomic E-state index is 10.6. The minimum absolute atomic E-state index is 0.0935. The molecule has 0 aliphatic heterocycles. The summed E-state index contributed by atoms with van der Waals surface area (Å²) in [5.74, 6) is -0.453. The van der Waals surface area contributed by atoms with E-state index in [1.165, 1.54) is 0 Å². The number of hydrogen-bond acceptors (Lipinski definition) is 3. The van der Waals surface area contributed by atoms with Gasteiger partial charge in [0.2, 0.25) is 5.91 Å². The smallest absolute Gasteiger partial charge is 0.221 e. The zero-order valence-electron chi connectivity index (χ0n) is 7.34. The predicted molar refractivity (Wildman–Crippen MR) is 45.4 cm³/mol. The van der Waals surface area contributed by atoms with Gasteiger partial charge in [0, 0.05) is 18.0 Å². The molecule has 1 aliphatic carbocycles. The Morgan fingerprint density at radius 3 is 2.67 bits per heavy atom. The summed E-state index contributed by atoms with van der Waals surface area (Å²) in [5, 5.41) is 12.1. The third kappa shape index (κ3) is 2.19. The Kier molecular flexibility index (Phi) is 2.69. The van der Waals surface area contributed by atoms with Gasteiger partial charge in [-0.1, -0.05) is 6.92 Å². The van der Waals surface area contributed by atoms with Crippen LogP contribution in [0.25, 0.3) is 0 Å². The van der Waals surface area contributed by atoms with Crippen molar-refractivity contribution in [3.05, 3.63) is 0 Å². The first kappa shape index (κ1) is 9.48. The van der Waals surface area contributed by atoms with E-state index in [0.717, 1.165) is 12.8 Å². The number of carbonyl (C=O) groups is 1. The lowest BCUT2D eigenvalue weighted by molar-refractivity contribution is -0.121. The van der Waals surface area contributed by atoms with Crippen LogP contribution < -0.4 is 11.1 Å². The zero-order chi connectivity index (χ0) is 9.19. The molecule has 4 nitrogen and oxygen atoms in total. The lowest BCUT2D eigenvalue weighted by Crippen LogP contribution is -2.40. The van der Waals surface area contributed by atoms with Crippen LogP contribution in [0.1, 0.15) is 19.8 Å². The van der Waals surface area contributed by atoms with Crippen LogP contribution >= 0.6 is 0 Å². The number of primary amides is 1. The Hall–Kier alpha value is -0.610. The molecule has 1 unspecified atom stereocenters. The third-order valence-electron chi connectivity index (χ3n) is 2.43. The van der Waals surface area contributed by atoms with Gasteiger partial charge < -0.3 is 16.2 Å². The van der Waals surface area contributed by atoms with Crippen LogP contribution in [0.15, 0.2) is 0 Å². The van der Waals surface area contributed by atoms with Crippen molar-refractivity contribution in [1.29, 1.82) is 0 Å². The monoisotopic (exact) mass is 172 g/mol. The molecule has 1 rings (SSSR count). The molecular weight excluding hydrogens is 156 g/mol. The van der Waals surface area contributed by atoms with Crippen molar-refractivity contribution in [2.45, 2.75) is 25.3 Å². The first-order valence-corrected chi connectivity index (χ1v) is 4.25. The summed E-state index contributed by atoms with van der Waals surface area (Å²) in [4.78, 5) is 10.6. The summed E-state index contributed by atoms with van der Waals surface area (Å²) in [6.07, 6.45) is 1.99. The summed E-state index contributed by atoms with van der Waals surface area (Å²) in [6, 6.07) is 0. The van der Waals surface area contributed by atoms with Crippen LogP contribution in [0.3, 0.4) is 0 Å². The number of aliphatic hydroxyl groups excluding tert-OH is 1. The quantitative estimate of drug-likeness (QED) is 0.509. The Morgan fingerprint density at radius 1 is 1.75 bits per heavy atom. The van der Waals surface area contributed by atoms with Gasteiger partial charge in [0.05, 0.1) is 6.61 Å². The third-order valence-corrected chi connectivity index (χ3v) is 2.43. The number of carbonyl (C=O) groups excluding carboxylic acids is 1. The highest BCUT2D eigenvalue weighted by molar-refractivity contribution is 5.76. The van der Waals surface area contributed by atoms with E-state index in [0.29, 0.717) is 6.54 Å². The standard InChI is InChI=1S/C8H16N2O2/c1-6(7(9)12)4-10-8(5-11)2-3-8/h6,10-11H,2-5H2,1H3,(H2,9,12). The molecular formula is C8H16N2O2. The van der Waals surface area contributed by atoms with E-state index in [2.05, 4.69) is 5.32 Å². The summed E-state index contributed by atoms with van der Waals surface area (Å²) >= 11 is 0. The van der Waals surface area contributed by atoms with E-state index in [9.17, 15) is 4.79 Å². The molecule has 0 heterocycles. The molecule has 0 spiro atoms. The number of aliphatic hydroxyl groups is 1. The van der Waals surface area contributed by atoms with Gasteiger partial charge in [-0.3, -0.25) is 4.79 Å². The molecule has 0 aromatic rings. The highest BCUT2D eigenvalue weighted by Crippen LogP contribution is 2.34. The van der Waals surface area contributed by atoms with Gasteiger partial charge in [-0.25, -0.2) is 0 Å². The number of nitrogens with one attached hydrogen (secondary N) is 1. The lowest BCUT2D eigenvalue weighted by Gasteiger charge is -2.16. The molecule has 1 aliphatic rings. The van der Waals surface area contributed by atoms with Crippen molar-refractivity contribution in [2.75, 3.05) is 13.2 Å². The minimum atomic E-state index is -0.295. The largest absolute Gasteiger partial charge is 0.394 e. The predicted octanol–water partition coefficient (Wildman–Crippen LogP) is -0.778. The summed E-state index contributed by atoms with van der Waals surface area (Å²) in [5.41, 5.74) is 4.99. The number of hydrogen-bond donors (Lipinski definition) is 3. The Bertz CT molecular complexity index is 178. The maximum absolute atomic E-state index is 10.6. The number of amides is 1. The maximum Gasteiger partial charge on any atom is 0.221 e. The summed E-state index contributed by atoms with van der Waals surface area (Å²) in [6.45, 7) is 2.50. The van der Waals surface area contributed by atoms with Crippen molar-refractivity contribution < 1.29 is 9.90 Å². The lowest BCUT2D eigenvalue weighted by atomic mass is 10.1. The molecule has 1 saturated carbocycles. The second-order valence-electron chi connectivity index (χ2n) is 3.62. The van der Waals surface area contributed by atoms with E-state index in [-0.39, 0.29) is 24.0 Å². The van der Waals surface area contributed by atoms with E-state index in [1.54, 1.807) is 6.92 Å². The fraction of sp³-hybridized carbons (Fsp3) is 0.875. The topological polar surface area (TPSA) is 75.3 Å². The number of nitrogens with two attached hydrogens (primary N) is 1. The second kappa shape index (κ2) is 3.41. The van der Waals surface area contributed by atoms with Gasteiger partial charge >= 0.3 is 0 Å². The van der Waals surface area contributed by atoms with Crippen LogP contribution in [0.2, 0.25) is 0 Å². The zero-order valence-corrected chi connectivity index (χ0v) is 7.34. The van der Waals surface area contributed by atoms with Crippen molar-refractivity contribution in [3.8, 4) is 0 Å². The Morgan fingerprint density at radius 2 is 2.33 bits per heavy atom. The molecule has 0 radical (unpaired) electrons. The average molecular weight is 172 g/mol. The average Bonchev–Trinajstić information content (AvgIpc) is 2.81. The van der Waals surface area contributed by atoms with Crippen molar-refractivity contribution in [1.82, 2.24) is 5.32 Å². The molecule has 4 heteroatoms. The molecule has 0 aromatic carbocycles. The molecule has 4 N–H and O–H groups in total. The second-order valence-corrected chi connectivity index (χ2v) is 3.62. The van der Waals surface area contributed by atoms with Gasteiger partial charge in [-0.2, -0.15) is 0 Å². The van der Waals surface area contributed by atoms with Crippen LogP contribution in [0.5, 0.6) is 0 Å². The molecule has 0 aromatic heterocycles. The van der Waals surface area contributed by atoms with Gasteiger partial charge in [0.15, 0.2) is 0 Å². The fourth-order valence-electron chi connectivity index (χ4n) is 1.01. The van der Waals surface area contributed by atoms with Gasteiger partial charge in [0.1, 0.15) is 0 Å². The van der Waals surface area contributed by atoms with Crippen molar-refractivity contribution in [2.24, 2.45) is 11.7 Å². The van der Waals surface area contributed by atoms with Crippen LogP contribution in [-0.4, -0.2) is 29.7 Å². The van der Waals surface area contributed by atoms with Crippen LogP contribution in [-0.2, 0) is 4.79 Å². The molecule has 1 fully saturated rings. The van der Waals surface area contributed by atoms with Gasteiger partial charge in [0.25, 0.3) is 0 Å². The normalized spacial score (nSPS) is 21.8. The molecule has 1 amide bonds. The molecule has 1 atom stereocenters. The van der Waals surface area contributed by atoms with Crippen LogP contribution in [0.4, 0.5) is 0 Å².